The molecule has 4 nitrogen and oxygen atoms in total. The first-order valence-corrected chi connectivity index (χ1v) is 8.12. The average Bonchev–Trinajstić information content (AvgIpc) is 2.56. The normalized spacial score (nSPS) is 20.6. The summed E-state index contributed by atoms with van der Waals surface area (Å²) >= 11 is 5.92. The van der Waals surface area contributed by atoms with Crippen molar-refractivity contribution in [3.63, 3.8) is 0 Å². The van der Waals surface area contributed by atoms with Gasteiger partial charge >= 0.3 is 0 Å². The molecule has 2 heterocycles. The first-order chi connectivity index (χ1) is 10.2. The van der Waals surface area contributed by atoms with Crippen LogP contribution in [0.3, 0.4) is 0 Å². The lowest BCUT2D eigenvalue weighted by Crippen LogP contribution is -2.51. The maximum absolute atomic E-state index is 12.5. The van der Waals surface area contributed by atoms with Gasteiger partial charge in [0.05, 0.1) is 0 Å². The molecule has 5 heteroatoms. The Hall–Kier alpha value is -1.26. The van der Waals surface area contributed by atoms with E-state index >= 15 is 0 Å². The average molecular weight is 308 g/mol. The Balaban J connectivity index is 1.54. The van der Waals surface area contributed by atoms with Crippen molar-refractivity contribution in [1.29, 1.82) is 0 Å². The van der Waals surface area contributed by atoms with Crippen LogP contribution in [0, 0.1) is 5.92 Å². The van der Waals surface area contributed by atoms with E-state index in [1.54, 1.807) is 0 Å². The molecule has 0 atom stereocenters. The van der Waals surface area contributed by atoms with Crippen molar-refractivity contribution in [2.75, 3.05) is 44.2 Å². The fourth-order valence-corrected chi connectivity index (χ4v) is 3.29. The molecule has 1 aromatic rings. The van der Waals surface area contributed by atoms with Crippen LogP contribution in [0.2, 0.25) is 5.02 Å². The third kappa shape index (κ3) is 3.50. The Morgan fingerprint density at radius 1 is 1.05 bits per heavy atom. The third-order valence-electron chi connectivity index (χ3n) is 4.47. The summed E-state index contributed by atoms with van der Waals surface area (Å²) in [5.74, 6) is 0.584. The number of benzene rings is 1. The van der Waals surface area contributed by atoms with Crippen molar-refractivity contribution < 1.29 is 4.79 Å². The summed E-state index contributed by atoms with van der Waals surface area (Å²) in [6, 6.07) is 7.94. The highest BCUT2D eigenvalue weighted by Gasteiger charge is 2.28. The summed E-state index contributed by atoms with van der Waals surface area (Å²) in [6.45, 7) is 5.40. The molecule has 0 spiro atoms. The second-order valence-electron chi connectivity index (χ2n) is 5.81. The van der Waals surface area contributed by atoms with Crippen molar-refractivity contribution in [3.05, 3.63) is 29.3 Å². The number of piperidine rings is 1. The molecule has 0 aromatic heterocycles. The van der Waals surface area contributed by atoms with Crippen LogP contribution in [0.4, 0.5) is 5.69 Å². The number of hydrogen-bond donors (Lipinski definition) is 1. The van der Waals surface area contributed by atoms with Gasteiger partial charge in [0.1, 0.15) is 0 Å². The largest absolute Gasteiger partial charge is 0.368 e. The Kier molecular flexibility index (Phi) is 4.66. The minimum Gasteiger partial charge on any atom is -0.368 e. The fourth-order valence-electron chi connectivity index (χ4n) is 3.16. The molecule has 2 saturated heterocycles. The van der Waals surface area contributed by atoms with E-state index in [2.05, 4.69) is 10.2 Å². The van der Waals surface area contributed by atoms with Gasteiger partial charge in [0.15, 0.2) is 0 Å². The summed E-state index contributed by atoms with van der Waals surface area (Å²) in [5, 5.41) is 4.08. The lowest BCUT2D eigenvalue weighted by Gasteiger charge is -2.38. The van der Waals surface area contributed by atoms with Crippen LogP contribution in [-0.4, -0.2) is 50.1 Å². The van der Waals surface area contributed by atoms with Crippen LogP contribution in [0.5, 0.6) is 0 Å². The van der Waals surface area contributed by atoms with E-state index in [0.29, 0.717) is 5.91 Å². The quantitative estimate of drug-likeness (QED) is 0.907. The van der Waals surface area contributed by atoms with Gasteiger partial charge in [0.2, 0.25) is 5.91 Å². The van der Waals surface area contributed by atoms with Crippen molar-refractivity contribution in [2.45, 2.75) is 12.8 Å². The van der Waals surface area contributed by atoms with Gasteiger partial charge in [-0.05, 0) is 50.2 Å². The van der Waals surface area contributed by atoms with E-state index in [9.17, 15) is 4.79 Å². The molecule has 0 bridgehead atoms. The van der Waals surface area contributed by atoms with Crippen LogP contribution >= 0.6 is 11.6 Å². The zero-order chi connectivity index (χ0) is 14.7. The molecule has 3 rings (SSSR count). The van der Waals surface area contributed by atoms with Gasteiger partial charge in [-0.3, -0.25) is 4.79 Å². The first kappa shape index (κ1) is 14.7. The van der Waals surface area contributed by atoms with Gasteiger partial charge in [-0.1, -0.05) is 11.6 Å². The highest BCUT2D eigenvalue weighted by molar-refractivity contribution is 6.30. The van der Waals surface area contributed by atoms with E-state index in [-0.39, 0.29) is 5.92 Å². The molecular weight excluding hydrogens is 286 g/mol. The van der Waals surface area contributed by atoms with E-state index in [0.717, 1.165) is 57.1 Å². The van der Waals surface area contributed by atoms with E-state index in [4.69, 9.17) is 11.6 Å². The predicted molar refractivity (Wildman–Crippen MR) is 85.8 cm³/mol. The van der Waals surface area contributed by atoms with Gasteiger partial charge in [-0.2, -0.15) is 0 Å². The molecule has 21 heavy (non-hydrogen) atoms. The predicted octanol–water partition coefficient (Wildman–Crippen LogP) is 1.99. The Morgan fingerprint density at radius 3 is 2.29 bits per heavy atom. The summed E-state index contributed by atoms with van der Waals surface area (Å²) in [6.07, 6.45) is 1.96. The number of hydrogen-bond acceptors (Lipinski definition) is 3. The van der Waals surface area contributed by atoms with Gasteiger partial charge < -0.3 is 15.1 Å². The minimum absolute atomic E-state index is 0.230. The molecule has 0 saturated carbocycles. The second kappa shape index (κ2) is 6.67. The fraction of sp³-hybridized carbons (Fsp3) is 0.562. The number of anilines is 1. The summed E-state index contributed by atoms with van der Waals surface area (Å²) in [5.41, 5.74) is 1.19. The second-order valence-corrected chi connectivity index (χ2v) is 6.25. The lowest BCUT2D eigenvalue weighted by molar-refractivity contribution is -0.136. The van der Waals surface area contributed by atoms with Crippen LogP contribution in [0.1, 0.15) is 12.8 Å². The molecule has 114 valence electrons. The molecule has 0 aliphatic carbocycles. The minimum atomic E-state index is 0.230. The number of nitrogens with zero attached hydrogens (tertiary/aromatic N) is 2. The molecule has 1 aromatic carbocycles. The molecule has 1 amide bonds. The Morgan fingerprint density at radius 2 is 1.67 bits per heavy atom. The number of nitrogens with one attached hydrogen (secondary N) is 1. The van der Waals surface area contributed by atoms with Gasteiger partial charge in [-0.15, -0.1) is 0 Å². The smallest absolute Gasteiger partial charge is 0.225 e. The van der Waals surface area contributed by atoms with Crippen LogP contribution in [0.15, 0.2) is 24.3 Å². The number of piperazine rings is 1. The van der Waals surface area contributed by atoms with Gasteiger partial charge in [0.25, 0.3) is 0 Å². The summed E-state index contributed by atoms with van der Waals surface area (Å²) in [4.78, 5) is 16.9. The van der Waals surface area contributed by atoms with Crippen molar-refractivity contribution in [1.82, 2.24) is 10.2 Å². The number of carbonyl (C=O) groups excluding carboxylic acids is 1. The lowest BCUT2D eigenvalue weighted by atomic mass is 9.96. The van der Waals surface area contributed by atoms with Crippen LogP contribution in [0.25, 0.3) is 0 Å². The van der Waals surface area contributed by atoms with Gasteiger partial charge in [-0.25, -0.2) is 0 Å². The van der Waals surface area contributed by atoms with E-state index < -0.39 is 0 Å². The van der Waals surface area contributed by atoms with Gasteiger partial charge in [0, 0.05) is 42.8 Å². The maximum atomic E-state index is 12.5. The van der Waals surface area contributed by atoms with Crippen LogP contribution in [-0.2, 0) is 4.79 Å². The monoisotopic (exact) mass is 307 g/mol. The third-order valence-corrected chi connectivity index (χ3v) is 4.72. The molecule has 0 radical (unpaired) electrons. The van der Waals surface area contributed by atoms with Crippen molar-refractivity contribution >= 4 is 23.2 Å². The molecule has 1 N–H and O–H groups in total. The zero-order valence-corrected chi connectivity index (χ0v) is 13.0. The standard InChI is InChI=1S/C16H22ClN3O/c17-14-1-3-15(4-2-14)19-9-11-20(12-10-19)16(21)13-5-7-18-8-6-13/h1-4,13,18H,5-12H2. The molecule has 2 aliphatic rings. The van der Waals surface area contributed by atoms with E-state index in [1.807, 2.05) is 29.2 Å². The molecule has 0 unspecified atom stereocenters. The number of carbonyl (C=O) groups is 1. The number of rotatable bonds is 2. The Labute approximate surface area is 131 Å². The number of amides is 1. The molecule has 2 aliphatic heterocycles. The zero-order valence-electron chi connectivity index (χ0n) is 12.2. The highest BCUT2D eigenvalue weighted by atomic mass is 35.5. The number of halogens is 1. The maximum Gasteiger partial charge on any atom is 0.225 e. The first-order valence-electron chi connectivity index (χ1n) is 7.74. The SMILES string of the molecule is O=C(C1CCNCC1)N1CCN(c2ccc(Cl)cc2)CC1. The van der Waals surface area contributed by atoms with Crippen molar-refractivity contribution in [2.24, 2.45) is 5.92 Å². The summed E-state index contributed by atoms with van der Waals surface area (Å²) < 4.78 is 0. The summed E-state index contributed by atoms with van der Waals surface area (Å²) in [7, 11) is 0. The van der Waals surface area contributed by atoms with E-state index in [1.165, 1.54) is 5.69 Å². The Bertz CT molecular complexity index is 477. The van der Waals surface area contributed by atoms with Crippen LogP contribution < -0.4 is 10.2 Å². The molecule has 2 fully saturated rings. The molecular formula is C16H22ClN3O. The van der Waals surface area contributed by atoms with Crippen molar-refractivity contribution in [3.8, 4) is 0 Å². The highest BCUT2D eigenvalue weighted by Crippen LogP contribution is 2.21. The topological polar surface area (TPSA) is 35.6 Å².